The van der Waals surface area contributed by atoms with Crippen LogP contribution in [-0.2, 0) is 19.1 Å². The van der Waals surface area contributed by atoms with Gasteiger partial charge in [-0.1, -0.05) is 0 Å². The maximum atomic E-state index is 12.4. The van der Waals surface area contributed by atoms with Gasteiger partial charge in [-0.3, -0.25) is 9.59 Å². The molecule has 2 amide bonds. The van der Waals surface area contributed by atoms with Crippen LogP contribution in [0.2, 0.25) is 0 Å². The number of ether oxygens (including phenoxy) is 2. The monoisotopic (exact) mass is 376 g/mol. The van der Waals surface area contributed by atoms with E-state index in [1.807, 2.05) is 0 Å². The minimum Gasteiger partial charge on any atom is -0.465 e. The molecule has 2 rings (SSSR count). The Bertz CT molecular complexity index is 636. The lowest BCUT2D eigenvalue weighted by Crippen LogP contribution is -2.36. The van der Waals surface area contributed by atoms with Crippen LogP contribution in [0.25, 0.3) is 0 Å². The summed E-state index contributed by atoms with van der Waals surface area (Å²) in [6.07, 6.45) is 3.63. The van der Waals surface area contributed by atoms with Crippen LogP contribution in [-0.4, -0.2) is 45.2 Å². The first-order valence-electron chi connectivity index (χ1n) is 9.31. The molecule has 7 nitrogen and oxygen atoms in total. The molecule has 0 aliphatic heterocycles. The molecule has 27 heavy (non-hydrogen) atoms. The fourth-order valence-electron chi connectivity index (χ4n) is 3.24. The molecule has 0 unspecified atom stereocenters. The number of amides is 2. The maximum absolute atomic E-state index is 12.4. The van der Waals surface area contributed by atoms with Crippen LogP contribution in [0.4, 0.5) is 5.69 Å². The number of hydrogen-bond acceptors (Lipinski definition) is 5. The molecular weight excluding hydrogens is 348 g/mol. The van der Waals surface area contributed by atoms with Crippen molar-refractivity contribution < 1.29 is 23.9 Å². The molecule has 2 N–H and O–H groups in total. The normalized spacial score (nSPS) is 19.2. The lowest BCUT2D eigenvalue weighted by Gasteiger charge is -2.27. The molecule has 1 aromatic carbocycles. The van der Waals surface area contributed by atoms with Crippen LogP contribution in [0.5, 0.6) is 0 Å². The third kappa shape index (κ3) is 6.36. The fraction of sp³-hybridized carbons (Fsp3) is 0.550. The van der Waals surface area contributed by atoms with E-state index in [0.29, 0.717) is 37.2 Å². The summed E-state index contributed by atoms with van der Waals surface area (Å²) in [5.41, 5.74) is 1.08. The Labute approximate surface area is 159 Å². The van der Waals surface area contributed by atoms with Crippen LogP contribution in [0.1, 0.15) is 42.5 Å². The van der Waals surface area contributed by atoms with Gasteiger partial charge in [-0.2, -0.15) is 0 Å². The first kappa shape index (κ1) is 20.9. The Morgan fingerprint density at radius 3 is 2.11 bits per heavy atom. The van der Waals surface area contributed by atoms with E-state index in [4.69, 9.17) is 4.74 Å². The zero-order valence-corrected chi connectivity index (χ0v) is 16.0. The predicted molar refractivity (Wildman–Crippen MR) is 101 cm³/mol. The van der Waals surface area contributed by atoms with Gasteiger partial charge in [0.15, 0.2) is 0 Å². The molecule has 1 aliphatic rings. The average Bonchev–Trinajstić information content (AvgIpc) is 2.71. The third-order valence-corrected chi connectivity index (χ3v) is 4.87. The van der Waals surface area contributed by atoms with Gasteiger partial charge in [0, 0.05) is 37.8 Å². The van der Waals surface area contributed by atoms with E-state index in [2.05, 4.69) is 15.4 Å². The van der Waals surface area contributed by atoms with Crippen molar-refractivity contribution in [3.63, 3.8) is 0 Å². The number of methoxy groups -OCH3 is 2. The van der Waals surface area contributed by atoms with E-state index in [-0.39, 0.29) is 23.7 Å². The molecule has 1 fully saturated rings. The average molecular weight is 376 g/mol. The number of hydrogen-bond donors (Lipinski definition) is 2. The van der Waals surface area contributed by atoms with Crippen molar-refractivity contribution in [1.29, 1.82) is 0 Å². The van der Waals surface area contributed by atoms with Crippen molar-refractivity contribution in [3.8, 4) is 0 Å². The smallest absolute Gasteiger partial charge is 0.337 e. The summed E-state index contributed by atoms with van der Waals surface area (Å²) in [7, 11) is 2.97. The van der Waals surface area contributed by atoms with Crippen LogP contribution < -0.4 is 10.6 Å². The van der Waals surface area contributed by atoms with E-state index in [1.54, 1.807) is 31.4 Å². The molecule has 0 atom stereocenters. The molecule has 0 heterocycles. The molecule has 148 valence electrons. The second-order valence-electron chi connectivity index (χ2n) is 6.74. The Hall–Kier alpha value is -2.41. The minimum atomic E-state index is -0.410. The zero-order chi connectivity index (χ0) is 19.6. The quantitative estimate of drug-likeness (QED) is 0.537. The van der Waals surface area contributed by atoms with Crippen LogP contribution in [0, 0.1) is 11.8 Å². The van der Waals surface area contributed by atoms with Crippen molar-refractivity contribution >= 4 is 23.5 Å². The molecule has 1 aliphatic carbocycles. The van der Waals surface area contributed by atoms with E-state index in [9.17, 15) is 14.4 Å². The molecule has 0 aromatic heterocycles. The number of benzene rings is 1. The molecule has 0 bridgehead atoms. The SMILES string of the molecule is COCCCNC(=O)C1CCC(C(=O)Nc2ccc(C(=O)OC)cc2)CC1. The molecule has 0 radical (unpaired) electrons. The van der Waals surface area contributed by atoms with E-state index in [1.165, 1.54) is 7.11 Å². The van der Waals surface area contributed by atoms with Gasteiger partial charge in [0.25, 0.3) is 0 Å². The molecule has 0 saturated heterocycles. The van der Waals surface area contributed by atoms with Crippen molar-refractivity contribution in [2.45, 2.75) is 32.1 Å². The molecule has 1 aromatic rings. The number of anilines is 1. The van der Waals surface area contributed by atoms with Crippen LogP contribution in [0.3, 0.4) is 0 Å². The number of carbonyl (C=O) groups excluding carboxylic acids is 3. The predicted octanol–water partition coefficient (Wildman–Crippen LogP) is 2.37. The molecular formula is C20H28N2O5. The van der Waals surface area contributed by atoms with E-state index in [0.717, 1.165) is 19.3 Å². The van der Waals surface area contributed by atoms with Gasteiger partial charge in [-0.05, 0) is 56.4 Å². The largest absolute Gasteiger partial charge is 0.465 e. The van der Waals surface area contributed by atoms with Gasteiger partial charge in [0.1, 0.15) is 0 Å². The fourth-order valence-corrected chi connectivity index (χ4v) is 3.24. The van der Waals surface area contributed by atoms with E-state index < -0.39 is 5.97 Å². The Morgan fingerprint density at radius 2 is 1.56 bits per heavy atom. The van der Waals surface area contributed by atoms with Gasteiger partial charge in [0.2, 0.25) is 11.8 Å². The molecule has 7 heteroatoms. The highest BCUT2D eigenvalue weighted by Gasteiger charge is 2.29. The minimum absolute atomic E-state index is 0.0177. The Balaban J connectivity index is 1.76. The second kappa shape index (κ2) is 10.7. The molecule has 1 saturated carbocycles. The van der Waals surface area contributed by atoms with Gasteiger partial charge in [-0.15, -0.1) is 0 Å². The standard InChI is InChI=1S/C20H28N2O5/c1-26-13-3-12-21-18(23)14-4-6-15(7-5-14)19(24)22-17-10-8-16(9-11-17)20(25)27-2/h8-11,14-15H,3-7,12-13H2,1-2H3,(H,21,23)(H,22,24). The zero-order valence-electron chi connectivity index (χ0n) is 16.0. The topological polar surface area (TPSA) is 93.7 Å². The van der Waals surface area contributed by atoms with Crippen LogP contribution >= 0.6 is 0 Å². The third-order valence-electron chi connectivity index (χ3n) is 4.87. The summed E-state index contributed by atoms with van der Waals surface area (Å²) >= 11 is 0. The van der Waals surface area contributed by atoms with Gasteiger partial charge < -0.3 is 20.1 Å². The lowest BCUT2D eigenvalue weighted by molar-refractivity contribution is -0.128. The van der Waals surface area contributed by atoms with Crippen molar-refractivity contribution in [1.82, 2.24) is 5.32 Å². The van der Waals surface area contributed by atoms with Gasteiger partial charge in [-0.25, -0.2) is 4.79 Å². The summed E-state index contributed by atoms with van der Waals surface area (Å²) in [5, 5.41) is 5.82. The number of esters is 1. The maximum Gasteiger partial charge on any atom is 0.337 e. The Kier molecular flexibility index (Phi) is 8.26. The van der Waals surface area contributed by atoms with Gasteiger partial charge >= 0.3 is 5.97 Å². The first-order chi connectivity index (χ1) is 13.0. The summed E-state index contributed by atoms with van der Waals surface area (Å²) in [5.74, 6) is -0.492. The Morgan fingerprint density at radius 1 is 0.963 bits per heavy atom. The van der Waals surface area contributed by atoms with E-state index >= 15 is 0 Å². The number of rotatable bonds is 8. The lowest BCUT2D eigenvalue weighted by atomic mass is 9.81. The second-order valence-corrected chi connectivity index (χ2v) is 6.74. The highest BCUT2D eigenvalue weighted by atomic mass is 16.5. The molecule has 0 spiro atoms. The van der Waals surface area contributed by atoms with Gasteiger partial charge in [0.05, 0.1) is 12.7 Å². The summed E-state index contributed by atoms with van der Waals surface area (Å²) in [6, 6.07) is 6.60. The summed E-state index contributed by atoms with van der Waals surface area (Å²) < 4.78 is 9.62. The number of carbonyl (C=O) groups is 3. The highest BCUT2D eigenvalue weighted by Crippen LogP contribution is 2.30. The first-order valence-corrected chi connectivity index (χ1v) is 9.31. The van der Waals surface area contributed by atoms with Crippen molar-refractivity contribution in [3.05, 3.63) is 29.8 Å². The van der Waals surface area contributed by atoms with Crippen molar-refractivity contribution in [2.24, 2.45) is 11.8 Å². The van der Waals surface area contributed by atoms with Crippen molar-refractivity contribution in [2.75, 3.05) is 32.7 Å². The summed E-state index contributed by atoms with van der Waals surface area (Å²) in [4.78, 5) is 36.0. The number of nitrogens with one attached hydrogen (secondary N) is 2. The van der Waals surface area contributed by atoms with Crippen LogP contribution in [0.15, 0.2) is 24.3 Å². The summed E-state index contributed by atoms with van der Waals surface area (Å²) in [6.45, 7) is 1.25. The highest BCUT2D eigenvalue weighted by molar-refractivity contribution is 5.94.